The van der Waals surface area contributed by atoms with Crippen LogP contribution in [0, 0.1) is 0 Å². The Kier molecular flexibility index (Phi) is 4.11. The van der Waals surface area contributed by atoms with Crippen molar-refractivity contribution in [1.82, 2.24) is 14.8 Å². The lowest BCUT2D eigenvalue weighted by atomic mass is 10.1. The summed E-state index contributed by atoms with van der Waals surface area (Å²) in [6.07, 6.45) is 3.78. The lowest BCUT2D eigenvalue weighted by Gasteiger charge is -2.36. The van der Waals surface area contributed by atoms with Gasteiger partial charge >= 0.3 is 0 Å². The first-order chi connectivity index (χ1) is 11.3. The summed E-state index contributed by atoms with van der Waals surface area (Å²) >= 11 is 1.50. The topological polar surface area (TPSA) is 45.7 Å². The minimum Gasteiger partial charge on any atom is -0.373 e. The van der Waals surface area contributed by atoms with Crippen LogP contribution in [0.5, 0.6) is 0 Å². The lowest BCUT2D eigenvalue weighted by Crippen LogP contribution is -2.50. The van der Waals surface area contributed by atoms with Crippen molar-refractivity contribution < 1.29 is 9.53 Å². The quantitative estimate of drug-likeness (QED) is 0.862. The lowest BCUT2D eigenvalue weighted by molar-refractivity contribution is -0.0503. The highest BCUT2D eigenvalue weighted by molar-refractivity contribution is 7.12. The van der Waals surface area contributed by atoms with Gasteiger partial charge in [0.05, 0.1) is 23.6 Å². The molecule has 0 radical (unpaired) electrons. The van der Waals surface area contributed by atoms with Crippen molar-refractivity contribution in [3.05, 3.63) is 52.5 Å². The number of carbonyl (C=O) groups is 1. The number of ether oxygens (including phenoxy) is 1. The Morgan fingerprint density at radius 2 is 2.17 bits per heavy atom. The van der Waals surface area contributed by atoms with Gasteiger partial charge in [0.15, 0.2) is 0 Å². The van der Waals surface area contributed by atoms with E-state index in [4.69, 9.17) is 4.74 Å². The highest BCUT2D eigenvalue weighted by Crippen LogP contribution is 2.26. The molecule has 0 N–H and O–H groups in total. The number of thiophene rings is 1. The summed E-state index contributed by atoms with van der Waals surface area (Å²) in [5.41, 5.74) is 1.25. The number of likely N-dealkylation sites (tertiary alicyclic amines) is 1. The van der Waals surface area contributed by atoms with Crippen LogP contribution in [0.1, 0.15) is 15.2 Å². The molecule has 0 bridgehead atoms. The molecule has 0 spiro atoms. The zero-order valence-corrected chi connectivity index (χ0v) is 13.6. The van der Waals surface area contributed by atoms with E-state index in [1.165, 1.54) is 16.9 Å². The van der Waals surface area contributed by atoms with Gasteiger partial charge in [-0.1, -0.05) is 6.07 Å². The molecular formula is C17H19N3O2S. The average Bonchev–Trinajstić information content (AvgIpc) is 3.25. The van der Waals surface area contributed by atoms with Gasteiger partial charge in [0.2, 0.25) is 0 Å². The number of pyridine rings is 1. The number of amides is 1. The van der Waals surface area contributed by atoms with E-state index in [-0.39, 0.29) is 18.1 Å². The summed E-state index contributed by atoms with van der Waals surface area (Å²) in [5.74, 6) is 0.127. The average molecular weight is 329 g/mol. The molecule has 2 fully saturated rings. The van der Waals surface area contributed by atoms with E-state index in [1.54, 1.807) is 0 Å². The van der Waals surface area contributed by atoms with Crippen molar-refractivity contribution in [3.8, 4) is 0 Å². The van der Waals surface area contributed by atoms with Crippen LogP contribution in [0.15, 0.2) is 42.0 Å². The molecule has 1 amide bonds. The third-order valence-electron chi connectivity index (χ3n) is 4.57. The second-order valence-corrected chi connectivity index (χ2v) is 6.94. The maximum absolute atomic E-state index is 12.6. The molecule has 0 saturated carbocycles. The van der Waals surface area contributed by atoms with Crippen molar-refractivity contribution in [2.24, 2.45) is 0 Å². The molecule has 4 heterocycles. The first-order valence-corrected chi connectivity index (χ1v) is 8.76. The van der Waals surface area contributed by atoms with Crippen molar-refractivity contribution in [3.63, 3.8) is 0 Å². The van der Waals surface area contributed by atoms with Gasteiger partial charge in [-0.3, -0.25) is 14.7 Å². The first kappa shape index (κ1) is 14.8. The van der Waals surface area contributed by atoms with Crippen LogP contribution >= 0.6 is 11.3 Å². The van der Waals surface area contributed by atoms with Crippen LogP contribution in [0.2, 0.25) is 0 Å². The van der Waals surface area contributed by atoms with Gasteiger partial charge in [-0.2, -0.15) is 0 Å². The molecule has 6 heteroatoms. The van der Waals surface area contributed by atoms with Gasteiger partial charge in [0, 0.05) is 38.6 Å². The molecule has 2 aliphatic rings. The van der Waals surface area contributed by atoms with E-state index in [0.717, 1.165) is 31.1 Å². The predicted octanol–water partition coefficient (Wildman–Crippen LogP) is 1.87. The van der Waals surface area contributed by atoms with Crippen molar-refractivity contribution in [2.75, 3.05) is 26.2 Å². The third kappa shape index (κ3) is 3.02. The summed E-state index contributed by atoms with van der Waals surface area (Å²) in [6.45, 7) is 3.95. The number of morpholine rings is 1. The van der Waals surface area contributed by atoms with Crippen LogP contribution in [-0.4, -0.2) is 59.1 Å². The van der Waals surface area contributed by atoms with E-state index in [2.05, 4.69) is 9.88 Å². The molecule has 0 aliphatic carbocycles. The Labute approximate surface area is 139 Å². The number of nitrogens with zero attached hydrogens (tertiary/aromatic N) is 3. The fourth-order valence-corrected chi connectivity index (χ4v) is 4.09. The Bertz CT molecular complexity index is 662. The summed E-state index contributed by atoms with van der Waals surface area (Å²) < 4.78 is 5.92. The van der Waals surface area contributed by atoms with E-state index in [9.17, 15) is 4.79 Å². The number of rotatable bonds is 3. The molecule has 2 aromatic heterocycles. The molecule has 2 aromatic rings. The first-order valence-electron chi connectivity index (χ1n) is 7.88. The summed E-state index contributed by atoms with van der Waals surface area (Å²) in [5, 5.41) is 1.95. The summed E-state index contributed by atoms with van der Waals surface area (Å²) in [6, 6.07) is 8.20. The van der Waals surface area contributed by atoms with Crippen molar-refractivity contribution >= 4 is 17.2 Å². The highest BCUT2D eigenvalue weighted by Gasteiger charge is 2.41. The summed E-state index contributed by atoms with van der Waals surface area (Å²) in [7, 11) is 0. The van der Waals surface area contributed by atoms with Crippen molar-refractivity contribution in [1.29, 1.82) is 0 Å². The van der Waals surface area contributed by atoms with Crippen LogP contribution in [0.4, 0.5) is 0 Å². The molecule has 23 heavy (non-hydrogen) atoms. The smallest absolute Gasteiger partial charge is 0.264 e. The Morgan fingerprint density at radius 3 is 2.96 bits per heavy atom. The van der Waals surface area contributed by atoms with Gasteiger partial charge in [-0.25, -0.2) is 0 Å². The highest BCUT2D eigenvalue weighted by atomic mass is 32.1. The number of hydrogen-bond acceptors (Lipinski definition) is 5. The zero-order chi connectivity index (χ0) is 15.6. The Morgan fingerprint density at radius 1 is 1.30 bits per heavy atom. The molecular weight excluding hydrogens is 310 g/mol. The van der Waals surface area contributed by atoms with Gasteiger partial charge in [-0.05, 0) is 29.1 Å². The van der Waals surface area contributed by atoms with Crippen LogP contribution in [0.25, 0.3) is 0 Å². The number of aromatic nitrogens is 1. The second kappa shape index (κ2) is 6.39. The Hall–Kier alpha value is -1.76. The molecule has 4 rings (SSSR count). The van der Waals surface area contributed by atoms with Gasteiger partial charge in [0.1, 0.15) is 0 Å². The molecule has 120 valence electrons. The molecule has 2 atom stereocenters. The minimum atomic E-state index is 0.120. The molecule has 0 aromatic carbocycles. The molecule has 2 aliphatic heterocycles. The largest absolute Gasteiger partial charge is 0.373 e. The minimum absolute atomic E-state index is 0.120. The van der Waals surface area contributed by atoms with Crippen molar-refractivity contribution in [2.45, 2.75) is 18.7 Å². The van der Waals surface area contributed by atoms with Gasteiger partial charge < -0.3 is 9.64 Å². The second-order valence-electron chi connectivity index (χ2n) is 5.99. The predicted molar refractivity (Wildman–Crippen MR) is 88.4 cm³/mol. The van der Waals surface area contributed by atoms with E-state index < -0.39 is 0 Å². The fourth-order valence-electron chi connectivity index (χ4n) is 3.40. The van der Waals surface area contributed by atoms with Gasteiger partial charge in [0.25, 0.3) is 5.91 Å². The number of hydrogen-bond donors (Lipinski definition) is 0. The monoisotopic (exact) mass is 329 g/mol. The summed E-state index contributed by atoms with van der Waals surface area (Å²) in [4.78, 5) is 21.8. The van der Waals surface area contributed by atoms with E-state index in [1.807, 2.05) is 46.9 Å². The standard InChI is InChI=1S/C17H19N3O2S/c21-17(16-2-1-9-23-16)20-11-14-15(12-20)22-8-7-19(14)10-13-3-5-18-6-4-13/h1-6,9,14-15H,7-8,10-12H2/t14-,15+/m1/s1. The maximum Gasteiger partial charge on any atom is 0.264 e. The van der Waals surface area contributed by atoms with Crippen LogP contribution < -0.4 is 0 Å². The number of fused-ring (bicyclic) bond motifs is 1. The SMILES string of the molecule is O=C(c1cccs1)N1C[C@@H]2OCCN(Cc3ccncc3)[C@@H]2C1. The van der Waals surface area contributed by atoms with Crippen LogP contribution in [-0.2, 0) is 11.3 Å². The molecule has 5 nitrogen and oxygen atoms in total. The van der Waals surface area contributed by atoms with Crippen LogP contribution in [0.3, 0.4) is 0 Å². The molecule has 0 unspecified atom stereocenters. The zero-order valence-electron chi connectivity index (χ0n) is 12.8. The van der Waals surface area contributed by atoms with Gasteiger partial charge in [-0.15, -0.1) is 11.3 Å². The Balaban J connectivity index is 1.47. The van der Waals surface area contributed by atoms with E-state index >= 15 is 0 Å². The number of carbonyl (C=O) groups excluding carboxylic acids is 1. The van der Waals surface area contributed by atoms with E-state index in [0.29, 0.717) is 6.54 Å². The third-order valence-corrected chi connectivity index (χ3v) is 5.43. The molecule has 2 saturated heterocycles. The normalized spacial score (nSPS) is 24.6. The fraction of sp³-hybridized carbons (Fsp3) is 0.412. The maximum atomic E-state index is 12.6.